The second-order valence-corrected chi connectivity index (χ2v) is 37.3. The molecule has 0 fully saturated rings. The summed E-state index contributed by atoms with van der Waals surface area (Å²) < 4.78 is 69.0. The van der Waals surface area contributed by atoms with Crippen LogP contribution in [0.15, 0.2) is 0 Å². The third-order valence-corrected chi connectivity index (χ3v) is 23.6. The number of aliphatic hydroxyl groups excluding tert-OH is 1. The number of ether oxygens (including phenoxy) is 4. The molecule has 0 aromatic heterocycles. The smallest absolute Gasteiger partial charge is 0.462 e. The van der Waals surface area contributed by atoms with Crippen molar-refractivity contribution in [1.29, 1.82) is 0 Å². The van der Waals surface area contributed by atoms with Gasteiger partial charge in [-0.2, -0.15) is 0 Å². The number of phosphoric ester groups is 2. The number of rotatable bonds is 88. The third kappa shape index (κ3) is 82.6. The highest BCUT2D eigenvalue weighted by Crippen LogP contribution is 2.45. The standard InChI is InChI=1S/C91H178O17P2/c1-9-84(8)70-62-54-49-50-56-64-72-89(94)102-78-87(108-91(96)74-66-58-48-42-36-30-24-18-21-27-33-39-45-53-61-69-83(6)7)80-106-110(99,100)104-76-85(92)75-103-109(97,98)105-79-86(107-90(95)73-65-57-47-41-35-29-23-17-13-11-15-20-26-32-38-44-52-60-68-82(4)5)77-101-88(93)71-63-55-46-40-34-28-22-16-12-10-14-19-25-31-37-43-51-59-67-81(2)3/h81-87,92H,9-80H2,1-8H3,(H,97,98)(H,99,100)/t84?,85-,86-,87-/m1/s1. The first-order valence-electron chi connectivity index (χ1n) is 46.7. The summed E-state index contributed by atoms with van der Waals surface area (Å²) in [6, 6.07) is 0. The Morgan fingerprint density at radius 3 is 0.645 bits per heavy atom. The highest BCUT2D eigenvalue weighted by atomic mass is 31.2. The lowest BCUT2D eigenvalue weighted by atomic mass is 10.00. The second kappa shape index (κ2) is 79.5. The van der Waals surface area contributed by atoms with Gasteiger partial charge < -0.3 is 33.8 Å². The lowest BCUT2D eigenvalue weighted by Crippen LogP contribution is -2.30. The molecule has 0 amide bonds. The SMILES string of the molecule is CCC(C)CCCCCCCCC(=O)OC[C@H](COP(=O)(O)OC[C@H](O)COP(=O)(O)OC[C@@H](COC(=O)CCCCCCCCCCCCCCCCCCCCC(C)C)OC(=O)CCCCCCCCCCCCCCCCCCCCC(C)C)OC(=O)CCCCCCCCCCCCCCCCCC(C)C. The quantitative estimate of drug-likeness (QED) is 0.0222. The molecule has 0 aliphatic rings. The van der Waals surface area contributed by atoms with Crippen molar-refractivity contribution in [3.63, 3.8) is 0 Å². The zero-order valence-electron chi connectivity index (χ0n) is 72.9. The van der Waals surface area contributed by atoms with Crippen molar-refractivity contribution in [2.45, 2.75) is 497 Å². The minimum atomic E-state index is -4.97. The molecule has 0 aliphatic heterocycles. The molecule has 17 nitrogen and oxygen atoms in total. The van der Waals surface area contributed by atoms with Gasteiger partial charge in [0.05, 0.1) is 26.4 Å². The summed E-state index contributed by atoms with van der Waals surface area (Å²) in [6.45, 7) is 14.4. The predicted molar refractivity (Wildman–Crippen MR) is 455 cm³/mol. The first-order chi connectivity index (χ1) is 53.1. The number of unbranched alkanes of at least 4 members (excludes halogenated alkanes) is 53. The molecule has 0 aliphatic carbocycles. The van der Waals surface area contributed by atoms with Gasteiger partial charge in [0.25, 0.3) is 0 Å². The normalized spacial score (nSPS) is 14.1. The van der Waals surface area contributed by atoms with Gasteiger partial charge >= 0.3 is 39.5 Å². The van der Waals surface area contributed by atoms with E-state index in [1.165, 1.54) is 276 Å². The van der Waals surface area contributed by atoms with E-state index >= 15 is 0 Å². The number of carbonyl (C=O) groups excluding carboxylic acids is 4. The molecular formula is C91H178O17P2. The van der Waals surface area contributed by atoms with Gasteiger partial charge in [0.15, 0.2) is 12.2 Å². The Kier molecular flexibility index (Phi) is 78.1. The van der Waals surface area contributed by atoms with E-state index in [1.807, 2.05) is 0 Å². The van der Waals surface area contributed by atoms with E-state index in [9.17, 15) is 43.2 Å². The number of carbonyl (C=O) groups is 4. The Morgan fingerprint density at radius 2 is 0.436 bits per heavy atom. The predicted octanol–water partition coefficient (Wildman–Crippen LogP) is 27.9. The number of aliphatic hydroxyl groups is 1. The largest absolute Gasteiger partial charge is 0.472 e. The molecule has 0 aromatic rings. The molecule has 3 unspecified atom stereocenters. The highest BCUT2D eigenvalue weighted by molar-refractivity contribution is 7.47. The first kappa shape index (κ1) is 108. The molecule has 0 aromatic carbocycles. The fourth-order valence-corrected chi connectivity index (χ4v) is 15.7. The maximum absolute atomic E-state index is 13.2. The van der Waals surface area contributed by atoms with Crippen molar-refractivity contribution in [2.75, 3.05) is 39.6 Å². The zero-order valence-corrected chi connectivity index (χ0v) is 74.7. The minimum Gasteiger partial charge on any atom is -0.462 e. The van der Waals surface area contributed by atoms with Gasteiger partial charge in [-0.05, 0) is 49.4 Å². The van der Waals surface area contributed by atoms with Gasteiger partial charge in [0.1, 0.15) is 19.3 Å². The highest BCUT2D eigenvalue weighted by Gasteiger charge is 2.31. The van der Waals surface area contributed by atoms with E-state index in [1.54, 1.807) is 0 Å². The zero-order chi connectivity index (χ0) is 80.9. The number of esters is 4. The Balaban J connectivity index is 5.22. The second-order valence-electron chi connectivity index (χ2n) is 34.4. The fourth-order valence-electron chi connectivity index (χ4n) is 14.2. The number of hydrogen-bond acceptors (Lipinski definition) is 15. The van der Waals surface area contributed by atoms with Crippen molar-refractivity contribution in [3.8, 4) is 0 Å². The molecule has 0 rings (SSSR count). The van der Waals surface area contributed by atoms with E-state index in [-0.39, 0.29) is 25.7 Å². The van der Waals surface area contributed by atoms with Crippen molar-refractivity contribution >= 4 is 39.5 Å². The molecule has 0 spiro atoms. The molecule has 19 heteroatoms. The van der Waals surface area contributed by atoms with E-state index in [0.29, 0.717) is 25.7 Å². The lowest BCUT2D eigenvalue weighted by Gasteiger charge is -2.21. The maximum Gasteiger partial charge on any atom is 0.472 e. The summed E-state index contributed by atoms with van der Waals surface area (Å²) in [4.78, 5) is 73.4. The molecule has 3 N–H and O–H groups in total. The van der Waals surface area contributed by atoms with Gasteiger partial charge in [0, 0.05) is 25.7 Å². The summed E-state index contributed by atoms with van der Waals surface area (Å²) in [5.74, 6) is 1.07. The molecule has 0 heterocycles. The topological polar surface area (TPSA) is 237 Å². The third-order valence-electron chi connectivity index (χ3n) is 21.7. The van der Waals surface area contributed by atoms with Gasteiger partial charge in [0.2, 0.25) is 0 Å². The fraction of sp³-hybridized carbons (Fsp3) is 0.956. The minimum absolute atomic E-state index is 0.107. The van der Waals surface area contributed by atoms with Crippen LogP contribution in [-0.4, -0.2) is 96.7 Å². The van der Waals surface area contributed by atoms with Crippen LogP contribution in [0.4, 0.5) is 0 Å². The molecule has 0 saturated heterocycles. The average molecular weight is 1610 g/mol. The molecular weight excluding hydrogens is 1430 g/mol. The van der Waals surface area contributed by atoms with Crippen LogP contribution in [0.3, 0.4) is 0 Å². The molecule has 0 radical (unpaired) electrons. The molecule has 654 valence electrons. The number of phosphoric acid groups is 2. The molecule has 0 bridgehead atoms. The van der Waals surface area contributed by atoms with Crippen LogP contribution in [0.25, 0.3) is 0 Å². The van der Waals surface area contributed by atoms with E-state index in [0.717, 1.165) is 120 Å². The Labute approximate surface area is 677 Å². The lowest BCUT2D eigenvalue weighted by molar-refractivity contribution is -0.161. The Morgan fingerprint density at radius 1 is 0.255 bits per heavy atom. The molecule has 110 heavy (non-hydrogen) atoms. The van der Waals surface area contributed by atoms with Gasteiger partial charge in [-0.15, -0.1) is 0 Å². The molecule has 0 saturated carbocycles. The van der Waals surface area contributed by atoms with Crippen LogP contribution in [0, 0.1) is 23.7 Å². The summed E-state index contributed by atoms with van der Waals surface area (Å²) in [6.07, 6.45) is 71.0. The Bertz CT molecular complexity index is 2130. The summed E-state index contributed by atoms with van der Waals surface area (Å²) in [5, 5.41) is 10.7. The Hall–Kier alpha value is -1.94. The van der Waals surface area contributed by atoms with Crippen molar-refractivity contribution in [2.24, 2.45) is 23.7 Å². The van der Waals surface area contributed by atoms with Crippen LogP contribution >= 0.6 is 15.6 Å². The monoisotopic (exact) mass is 1610 g/mol. The first-order valence-corrected chi connectivity index (χ1v) is 49.7. The van der Waals surface area contributed by atoms with Crippen LogP contribution < -0.4 is 0 Å². The molecule has 6 atom stereocenters. The summed E-state index contributed by atoms with van der Waals surface area (Å²) in [5.41, 5.74) is 0. The van der Waals surface area contributed by atoms with Crippen molar-refractivity contribution in [1.82, 2.24) is 0 Å². The van der Waals surface area contributed by atoms with Gasteiger partial charge in [-0.25, -0.2) is 9.13 Å². The summed E-state index contributed by atoms with van der Waals surface area (Å²) in [7, 11) is -9.94. The van der Waals surface area contributed by atoms with E-state index < -0.39 is 97.5 Å². The van der Waals surface area contributed by atoms with E-state index in [4.69, 9.17) is 37.0 Å². The van der Waals surface area contributed by atoms with Crippen molar-refractivity contribution in [3.05, 3.63) is 0 Å². The van der Waals surface area contributed by atoms with Crippen LogP contribution in [0.2, 0.25) is 0 Å². The van der Waals surface area contributed by atoms with Crippen molar-refractivity contribution < 1.29 is 80.2 Å². The number of hydrogen-bond donors (Lipinski definition) is 3. The van der Waals surface area contributed by atoms with Gasteiger partial charge in [-0.3, -0.25) is 37.3 Å². The van der Waals surface area contributed by atoms with E-state index in [2.05, 4.69) is 55.4 Å². The maximum atomic E-state index is 13.2. The average Bonchev–Trinajstić information content (AvgIpc) is 0.897. The van der Waals surface area contributed by atoms with Crippen LogP contribution in [-0.2, 0) is 65.4 Å². The van der Waals surface area contributed by atoms with Crippen LogP contribution in [0.5, 0.6) is 0 Å². The van der Waals surface area contributed by atoms with Gasteiger partial charge in [-0.1, -0.05) is 428 Å². The van der Waals surface area contributed by atoms with Crippen LogP contribution in [0.1, 0.15) is 479 Å². The summed E-state index contributed by atoms with van der Waals surface area (Å²) >= 11 is 0.